The normalized spacial score (nSPS) is 24.4. The molecule has 1 aromatic carbocycles. The van der Waals surface area contributed by atoms with Crippen LogP contribution in [0.5, 0.6) is 0 Å². The number of nitrogens with one attached hydrogen (secondary N) is 1. The lowest BCUT2D eigenvalue weighted by Crippen LogP contribution is -2.38. The minimum absolute atomic E-state index is 0.175. The van der Waals surface area contributed by atoms with E-state index in [9.17, 15) is 5.11 Å². The Morgan fingerprint density at radius 3 is 2.35 bits per heavy atom. The number of rotatable bonds is 3. The standard InChI is InChI=1S/C18H29NO/c1-18(2,3)15-11-9-14(10-12-15)13-19-16-7-5-4-6-8-17(16)20/h9-12,16-17,19-20H,4-8,13H2,1-3H3. The van der Waals surface area contributed by atoms with E-state index in [2.05, 4.69) is 50.4 Å². The zero-order valence-corrected chi connectivity index (χ0v) is 13.2. The van der Waals surface area contributed by atoms with Gasteiger partial charge in [-0.05, 0) is 29.4 Å². The van der Waals surface area contributed by atoms with E-state index in [0.717, 1.165) is 19.4 Å². The summed E-state index contributed by atoms with van der Waals surface area (Å²) in [6, 6.07) is 9.12. The molecule has 1 aliphatic carbocycles. The van der Waals surface area contributed by atoms with E-state index in [0.29, 0.717) is 0 Å². The van der Waals surface area contributed by atoms with Crippen LogP contribution in [-0.2, 0) is 12.0 Å². The topological polar surface area (TPSA) is 32.3 Å². The second-order valence-electron chi connectivity index (χ2n) is 7.14. The first-order valence-electron chi connectivity index (χ1n) is 7.98. The summed E-state index contributed by atoms with van der Waals surface area (Å²) in [7, 11) is 0. The fraction of sp³-hybridized carbons (Fsp3) is 0.667. The van der Waals surface area contributed by atoms with Gasteiger partial charge < -0.3 is 10.4 Å². The maximum atomic E-state index is 10.1. The minimum atomic E-state index is -0.175. The van der Waals surface area contributed by atoms with Gasteiger partial charge in [0.25, 0.3) is 0 Å². The molecule has 2 nitrogen and oxygen atoms in total. The van der Waals surface area contributed by atoms with Crippen molar-refractivity contribution in [3.8, 4) is 0 Å². The number of aliphatic hydroxyl groups excluding tert-OH is 1. The van der Waals surface area contributed by atoms with E-state index in [-0.39, 0.29) is 17.6 Å². The molecule has 2 rings (SSSR count). The molecule has 0 aromatic heterocycles. The van der Waals surface area contributed by atoms with Gasteiger partial charge in [0.05, 0.1) is 6.10 Å². The van der Waals surface area contributed by atoms with Gasteiger partial charge in [-0.3, -0.25) is 0 Å². The molecule has 2 unspecified atom stereocenters. The molecule has 1 saturated carbocycles. The van der Waals surface area contributed by atoms with Gasteiger partial charge in [-0.15, -0.1) is 0 Å². The first-order valence-corrected chi connectivity index (χ1v) is 7.98. The summed E-state index contributed by atoms with van der Waals surface area (Å²) in [5, 5.41) is 13.7. The van der Waals surface area contributed by atoms with E-state index in [1.165, 1.54) is 30.4 Å². The van der Waals surface area contributed by atoms with Crippen LogP contribution in [0.3, 0.4) is 0 Å². The largest absolute Gasteiger partial charge is 0.392 e. The summed E-state index contributed by atoms with van der Waals surface area (Å²) >= 11 is 0. The molecule has 0 aliphatic heterocycles. The van der Waals surface area contributed by atoms with Crippen LogP contribution < -0.4 is 5.32 Å². The Morgan fingerprint density at radius 1 is 1.05 bits per heavy atom. The maximum absolute atomic E-state index is 10.1. The molecule has 0 bridgehead atoms. The van der Waals surface area contributed by atoms with E-state index >= 15 is 0 Å². The van der Waals surface area contributed by atoms with Crippen LogP contribution in [0.2, 0.25) is 0 Å². The van der Waals surface area contributed by atoms with Gasteiger partial charge >= 0.3 is 0 Å². The van der Waals surface area contributed by atoms with Gasteiger partial charge in [-0.2, -0.15) is 0 Å². The van der Waals surface area contributed by atoms with Gasteiger partial charge in [0.2, 0.25) is 0 Å². The lowest BCUT2D eigenvalue weighted by Gasteiger charge is -2.22. The highest BCUT2D eigenvalue weighted by atomic mass is 16.3. The smallest absolute Gasteiger partial charge is 0.0693 e. The third-order valence-corrected chi connectivity index (χ3v) is 4.37. The predicted molar refractivity (Wildman–Crippen MR) is 84.9 cm³/mol. The number of aliphatic hydroxyl groups is 1. The molecular formula is C18H29NO. The Kier molecular flexibility index (Phi) is 5.22. The van der Waals surface area contributed by atoms with Crippen LogP contribution in [0.1, 0.15) is 64.0 Å². The third kappa shape index (κ3) is 4.32. The molecule has 1 aliphatic rings. The van der Waals surface area contributed by atoms with E-state index < -0.39 is 0 Å². The summed E-state index contributed by atoms with van der Waals surface area (Å²) in [6.07, 6.45) is 5.53. The van der Waals surface area contributed by atoms with Gasteiger partial charge in [0.1, 0.15) is 0 Å². The summed E-state index contributed by atoms with van der Waals surface area (Å²) in [4.78, 5) is 0. The van der Waals surface area contributed by atoms with Gasteiger partial charge in [-0.25, -0.2) is 0 Å². The SMILES string of the molecule is CC(C)(C)c1ccc(CNC2CCCCCC2O)cc1. The van der Waals surface area contributed by atoms with Crippen LogP contribution in [0, 0.1) is 0 Å². The maximum Gasteiger partial charge on any atom is 0.0693 e. The Morgan fingerprint density at radius 2 is 1.70 bits per heavy atom. The van der Waals surface area contributed by atoms with Gasteiger partial charge in [0.15, 0.2) is 0 Å². The molecule has 1 fully saturated rings. The minimum Gasteiger partial charge on any atom is -0.392 e. The van der Waals surface area contributed by atoms with Gasteiger partial charge in [0, 0.05) is 12.6 Å². The summed E-state index contributed by atoms with van der Waals surface area (Å²) < 4.78 is 0. The zero-order chi connectivity index (χ0) is 14.6. The van der Waals surface area contributed by atoms with E-state index in [1.54, 1.807) is 0 Å². The van der Waals surface area contributed by atoms with Crippen molar-refractivity contribution >= 4 is 0 Å². The van der Waals surface area contributed by atoms with Crippen LogP contribution in [0.25, 0.3) is 0 Å². The molecular weight excluding hydrogens is 246 g/mol. The van der Waals surface area contributed by atoms with Crippen molar-refractivity contribution in [2.24, 2.45) is 0 Å². The average Bonchev–Trinajstić information content (AvgIpc) is 2.61. The fourth-order valence-electron chi connectivity index (χ4n) is 2.90. The second-order valence-corrected chi connectivity index (χ2v) is 7.14. The van der Waals surface area contributed by atoms with Crippen LogP contribution in [0.15, 0.2) is 24.3 Å². The van der Waals surface area contributed by atoms with Crippen LogP contribution >= 0.6 is 0 Å². The fourth-order valence-corrected chi connectivity index (χ4v) is 2.90. The third-order valence-electron chi connectivity index (χ3n) is 4.37. The van der Waals surface area contributed by atoms with E-state index in [1.807, 2.05) is 0 Å². The van der Waals surface area contributed by atoms with Crippen molar-refractivity contribution in [2.45, 2.75) is 77.0 Å². The highest BCUT2D eigenvalue weighted by Gasteiger charge is 2.20. The molecule has 2 N–H and O–H groups in total. The predicted octanol–water partition coefficient (Wildman–Crippen LogP) is 3.77. The van der Waals surface area contributed by atoms with Crippen molar-refractivity contribution in [1.82, 2.24) is 5.32 Å². The molecule has 0 amide bonds. The molecule has 2 atom stereocenters. The lowest BCUT2D eigenvalue weighted by atomic mass is 9.87. The van der Waals surface area contributed by atoms with Crippen molar-refractivity contribution in [1.29, 1.82) is 0 Å². The molecule has 1 aromatic rings. The molecule has 0 heterocycles. The van der Waals surface area contributed by atoms with Crippen molar-refractivity contribution < 1.29 is 5.11 Å². The average molecular weight is 275 g/mol. The Balaban J connectivity index is 1.90. The molecule has 20 heavy (non-hydrogen) atoms. The number of hydrogen-bond donors (Lipinski definition) is 2. The molecule has 2 heteroatoms. The molecule has 0 spiro atoms. The first kappa shape index (κ1) is 15.5. The first-order chi connectivity index (χ1) is 9.47. The Hall–Kier alpha value is -0.860. The number of hydrogen-bond acceptors (Lipinski definition) is 2. The summed E-state index contributed by atoms with van der Waals surface area (Å²) in [6.45, 7) is 7.57. The summed E-state index contributed by atoms with van der Waals surface area (Å²) in [5.74, 6) is 0. The highest BCUT2D eigenvalue weighted by molar-refractivity contribution is 5.27. The second kappa shape index (κ2) is 6.73. The lowest BCUT2D eigenvalue weighted by molar-refractivity contribution is 0.119. The summed E-state index contributed by atoms with van der Waals surface area (Å²) in [5.41, 5.74) is 2.88. The van der Waals surface area contributed by atoms with Crippen molar-refractivity contribution in [2.75, 3.05) is 0 Å². The zero-order valence-electron chi connectivity index (χ0n) is 13.2. The van der Waals surface area contributed by atoms with Crippen molar-refractivity contribution in [3.63, 3.8) is 0 Å². The van der Waals surface area contributed by atoms with Crippen LogP contribution in [0.4, 0.5) is 0 Å². The highest BCUT2D eigenvalue weighted by Crippen LogP contribution is 2.22. The molecule has 112 valence electrons. The van der Waals surface area contributed by atoms with E-state index in [4.69, 9.17) is 0 Å². The van der Waals surface area contributed by atoms with Crippen molar-refractivity contribution in [3.05, 3.63) is 35.4 Å². The quantitative estimate of drug-likeness (QED) is 0.823. The number of benzene rings is 1. The Bertz CT molecular complexity index is 404. The Labute approximate surface area is 123 Å². The van der Waals surface area contributed by atoms with Crippen LogP contribution in [-0.4, -0.2) is 17.3 Å². The monoisotopic (exact) mass is 275 g/mol. The molecule has 0 radical (unpaired) electrons. The van der Waals surface area contributed by atoms with Gasteiger partial charge in [-0.1, -0.05) is 64.3 Å². The molecule has 0 saturated heterocycles.